The Morgan fingerprint density at radius 3 is 2.59 bits per heavy atom. The Morgan fingerprint density at radius 1 is 1.44 bits per heavy atom. The third-order valence-corrected chi connectivity index (χ3v) is 5.51. The van der Waals surface area contributed by atoms with Gasteiger partial charge in [0, 0.05) is 31.2 Å². The lowest BCUT2D eigenvalue weighted by molar-refractivity contribution is -0.314. The van der Waals surface area contributed by atoms with Crippen LogP contribution in [0.25, 0.3) is 11.0 Å². The number of carbonyl (C=O) groups excluding carboxylic acids is 1. The first-order valence-electron chi connectivity index (χ1n) is 10.5. The zero-order chi connectivity index (χ0) is 25.2. The van der Waals surface area contributed by atoms with E-state index >= 15 is 0 Å². The number of aliphatic hydroxyl groups excluding tert-OH is 1. The van der Waals surface area contributed by atoms with E-state index in [0.717, 1.165) is 25.8 Å². The number of pyridine rings is 2. The normalized spacial score (nSPS) is 19.6. The Kier molecular flexibility index (Phi) is 7.47. The van der Waals surface area contributed by atoms with Gasteiger partial charge in [0.2, 0.25) is 5.43 Å². The topological polar surface area (TPSA) is 183 Å². The summed E-state index contributed by atoms with van der Waals surface area (Å²) in [6.45, 7) is 2.21. The number of hydrogen-bond acceptors (Lipinski definition) is 10. The molecule has 12 nitrogen and oxygen atoms in total. The van der Waals surface area contributed by atoms with Gasteiger partial charge in [-0.15, -0.1) is 0 Å². The zero-order valence-electron chi connectivity index (χ0n) is 18.6. The summed E-state index contributed by atoms with van der Waals surface area (Å²) in [6, 6.07) is 1.14. The summed E-state index contributed by atoms with van der Waals surface area (Å²) in [7, 11) is 1.44. The molecule has 2 aromatic rings. The molecule has 184 valence electrons. The van der Waals surface area contributed by atoms with Crippen LogP contribution in [-0.2, 0) is 9.63 Å². The van der Waals surface area contributed by atoms with Crippen molar-refractivity contribution in [2.45, 2.75) is 31.9 Å². The van der Waals surface area contributed by atoms with Crippen molar-refractivity contribution in [1.29, 1.82) is 0 Å². The number of hydrogen-bond donors (Lipinski definition) is 3. The first-order chi connectivity index (χ1) is 16.1. The number of fused-ring (bicyclic) bond motifs is 1. The second-order valence-electron chi connectivity index (χ2n) is 8.05. The fourth-order valence-electron chi connectivity index (χ4n) is 3.60. The number of aromatic nitrogens is 2. The Labute approximate surface area is 193 Å². The third-order valence-electron chi connectivity index (χ3n) is 5.51. The highest BCUT2D eigenvalue weighted by atomic mass is 19.1. The summed E-state index contributed by atoms with van der Waals surface area (Å²) in [4.78, 5) is 44.2. The van der Waals surface area contributed by atoms with Crippen LogP contribution in [0.1, 0.15) is 36.2 Å². The van der Waals surface area contributed by atoms with E-state index in [4.69, 9.17) is 15.7 Å². The predicted octanol–water partition coefficient (Wildman–Crippen LogP) is -0.917. The number of anilines is 1. The van der Waals surface area contributed by atoms with Crippen LogP contribution in [0.5, 0.6) is 0 Å². The summed E-state index contributed by atoms with van der Waals surface area (Å²) in [5.41, 5.74) is 5.65. The molecular weight excluding hydrogens is 453 g/mol. The van der Waals surface area contributed by atoms with E-state index in [-0.39, 0.29) is 34.4 Å². The molecule has 4 rings (SSSR count). The molecule has 3 heterocycles. The molecule has 0 aromatic carbocycles. The summed E-state index contributed by atoms with van der Waals surface area (Å²) in [5, 5.41) is 30.6. The minimum absolute atomic E-state index is 0.0339. The maximum absolute atomic E-state index is 14.9. The van der Waals surface area contributed by atoms with Crippen LogP contribution in [-0.4, -0.2) is 70.3 Å². The average Bonchev–Trinajstić information content (AvgIpc) is 3.54. The quantitative estimate of drug-likeness (QED) is 0.439. The summed E-state index contributed by atoms with van der Waals surface area (Å²) in [5.74, 6) is -3.46. The van der Waals surface area contributed by atoms with Gasteiger partial charge in [0.1, 0.15) is 18.3 Å². The zero-order valence-corrected chi connectivity index (χ0v) is 18.6. The van der Waals surface area contributed by atoms with E-state index in [9.17, 15) is 29.0 Å². The largest absolute Gasteiger partial charge is 0.547 e. The number of nitrogens with zero attached hydrogens (tertiary/aromatic N) is 4. The van der Waals surface area contributed by atoms with Crippen LogP contribution < -0.4 is 21.2 Å². The van der Waals surface area contributed by atoms with Crippen molar-refractivity contribution in [1.82, 2.24) is 9.55 Å². The van der Waals surface area contributed by atoms with Crippen molar-refractivity contribution in [3.63, 3.8) is 0 Å². The van der Waals surface area contributed by atoms with Gasteiger partial charge in [-0.05, 0) is 25.8 Å². The Morgan fingerprint density at radius 2 is 2.09 bits per heavy atom. The number of aliphatic carboxylic acids is 1. The number of carboxylic acid groups (broad SMARTS) is 2. The van der Waals surface area contributed by atoms with E-state index in [0.29, 0.717) is 25.3 Å². The first-order valence-corrected chi connectivity index (χ1v) is 10.5. The molecule has 0 amide bonds. The van der Waals surface area contributed by atoms with Crippen LogP contribution in [0.2, 0.25) is 0 Å². The number of oxime groups is 1. The predicted molar refractivity (Wildman–Crippen MR) is 117 cm³/mol. The summed E-state index contributed by atoms with van der Waals surface area (Å²) >= 11 is 0. The van der Waals surface area contributed by atoms with Crippen molar-refractivity contribution in [2.75, 3.05) is 31.6 Å². The second-order valence-corrected chi connectivity index (χ2v) is 8.05. The van der Waals surface area contributed by atoms with Crippen LogP contribution in [0.3, 0.4) is 0 Å². The van der Waals surface area contributed by atoms with Crippen molar-refractivity contribution in [3.05, 3.63) is 33.9 Å². The minimum Gasteiger partial charge on any atom is -0.547 e. The number of aliphatic hydroxyl groups is 1. The number of carbonyl (C=O) groups is 2. The molecule has 2 atom stereocenters. The highest BCUT2D eigenvalue weighted by Crippen LogP contribution is 2.37. The third kappa shape index (κ3) is 5.15. The van der Waals surface area contributed by atoms with Gasteiger partial charge >= 0.3 is 5.97 Å². The maximum Gasteiger partial charge on any atom is 0.341 e. The molecule has 0 bridgehead atoms. The minimum atomic E-state index is -1.44. The van der Waals surface area contributed by atoms with Gasteiger partial charge in [0.15, 0.2) is 11.6 Å². The van der Waals surface area contributed by atoms with Crippen molar-refractivity contribution in [3.8, 4) is 0 Å². The number of carboxylic acids is 2. The van der Waals surface area contributed by atoms with E-state index in [1.165, 1.54) is 13.3 Å². The van der Waals surface area contributed by atoms with Gasteiger partial charge in [-0.3, -0.25) is 4.79 Å². The van der Waals surface area contributed by atoms with Crippen LogP contribution in [0, 0.1) is 11.7 Å². The van der Waals surface area contributed by atoms with Crippen LogP contribution in [0.4, 0.5) is 10.2 Å². The van der Waals surface area contributed by atoms with E-state index in [2.05, 4.69) is 10.1 Å². The first kappa shape index (κ1) is 25.1. The molecule has 13 heteroatoms. The highest BCUT2D eigenvalue weighted by molar-refractivity contribution is 5.95. The molecule has 1 saturated heterocycles. The Hall–Kier alpha value is -3.58. The lowest BCUT2D eigenvalue weighted by Gasteiger charge is -2.19. The van der Waals surface area contributed by atoms with Gasteiger partial charge in [-0.1, -0.05) is 5.16 Å². The van der Waals surface area contributed by atoms with Gasteiger partial charge in [0.05, 0.1) is 29.7 Å². The highest BCUT2D eigenvalue weighted by Gasteiger charge is 2.33. The molecular formula is C21H25FN5O7-. The number of rotatable bonds is 6. The van der Waals surface area contributed by atoms with Gasteiger partial charge in [0.25, 0.3) is 0 Å². The Bertz CT molecular complexity index is 1190. The van der Waals surface area contributed by atoms with E-state index in [1.54, 1.807) is 9.47 Å². The maximum atomic E-state index is 14.9. The fourth-order valence-corrected chi connectivity index (χ4v) is 3.60. The molecule has 1 aliphatic carbocycles. The molecule has 4 N–H and O–H groups in total. The average molecular weight is 478 g/mol. The van der Waals surface area contributed by atoms with Gasteiger partial charge in [-0.25, -0.2) is 14.2 Å². The SMILES string of the molecule is CC(O)C(=O)[O-].CO/N=C1/CN(c2nc3c(cc2F)c(=O)c(C(=O)O)cn3C2CC2)CC1CN. The molecule has 2 aromatic heterocycles. The second kappa shape index (κ2) is 10.1. The molecule has 2 aliphatic rings. The molecule has 1 saturated carbocycles. The smallest absolute Gasteiger partial charge is 0.341 e. The van der Waals surface area contributed by atoms with Gasteiger partial charge in [-0.2, -0.15) is 0 Å². The summed E-state index contributed by atoms with van der Waals surface area (Å²) in [6.07, 6.45) is 1.68. The number of aromatic carboxylic acids is 1. The van der Waals surface area contributed by atoms with Crippen molar-refractivity contribution in [2.24, 2.45) is 16.8 Å². The fraction of sp³-hybridized carbons (Fsp3) is 0.476. The molecule has 0 spiro atoms. The number of nitrogens with two attached hydrogens (primary N) is 1. The van der Waals surface area contributed by atoms with Crippen molar-refractivity contribution >= 4 is 34.5 Å². The van der Waals surface area contributed by atoms with E-state index < -0.39 is 29.3 Å². The molecule has 2 unspecified atom stereocenters. The lowest BCUT2D eigenvalue weighted by atomic mass is 10.1. The van der Waals surface area contributed by atoms with Gasteiger partial charge < -0.3 is 40.2 Å². The standard InChI is InChI=1S/C18H20FN5O4.C3H6O3/c1-28-22-14-8-23(6-9(14)5-20)17-13(19)4-11-15(25)12(18(26)27)7-24(10-2-3-10)16(11)21-17;1-2(4)3(5)6/h4,7,9-10H,2-3,5-6,8,20H2,1H3,(H,26,27);2,4H,1H3,(H,5,6)/p-1/b22-14-;. The molecule has 0 radical (unpaired) electrons. The molecule has 2 fully saturated rings. The van der Waals surface area contributed by atoms with E-state index in [1.807, 2.05) is 0 Å². The lowest BCUT2D eigenvalue weighted by Crippen LogP contribution is -2.32. The van der Waals surface area contributed by atoms with Crippen molar-refractivity contribution < 1.29 is 34.1 Å². The van der Waals surface area contributed by atoms with Crippen LogP contribution in [0.15, 0.2) is 22.2 Å². The summed E-state index contributed by atoms with van der Waals surface area (Å²) < 4.78 is 16.5. The molecule has 1 aliphatic heterocycles. The number of halogens is 1. The molecule has 34 heavy (non-hydrogen) atoms. The van der Waals surface area contributed by atoms with Crippen LogP contribution >= 0.6 is 0 Å². The monoisotopic (exact) mass is 478 g/mol. The Balaban J connectivity index is 0.000000481.